The van der Waals surface area contributed by atoms with E-state index in [0.29, 0.717) is 17.1 Å². The highest BCUT2D eigenvalue weighted by Gasteiger charge is 2.28. The van der Waals surface area contributed by atoms with E-state index in [0.717, 1.165) is 36.6 Å². The van der Waals surface area contributed by atoms with E-state index < -0.39 is 5.97 Å². The fourth-order valence-electron chi connectivity index (χ4n) is 4.50. The van der Waals surface area contributed by atoms with E-state index in [2.05, 4.69) is 63.6 Å². The summed E-state index contributed by atoms with van der Waals surface area (Å²) in [4.78, 5) is 30.7. The van der Waals surface area contributed by atoms with Gasteiger partial charge in [0.2, 0.25) is 5.91 Å². The molecule has 0 aliphatic carbocycles. The standard InChI is InChI=1S/C27H31N3O3S/c1-19-20(2)34-26(24(19)27(32)33-3)28-23(31)18-29-14-16-30(17-15-29)25(21-10-6-4-7-11-21)22-12-8-5-9-13-22/h4-13,25H,14-18H2,1-3H3,(H,28,31). The zero-order valence-electron chi connectivity index (χ0n) is 19.9. The van der Waals surface area contributed by atoms with Crippen LogP contribution in [0.1, 0.15) is 38.0 Å². The first kappa shape index (κ1) is 24.1. The minimum Gasteiger partial charge on any atom is -0.465 e. The Labute approximate surface area is 205 Å². The summed E-state index contributed by atoms with van der Waals surface area (Å²) in [6.07, 6.45) is 0. The average molecular weight is 478 g/mol. The first-order chi connectivity index (χ1) is 16.5. The topological polar surface area (TPSA) is 61.9 Å². The van der Waals surface area contributed by atoms with E-state index in [1.165, 1.54) is 29.6 Å². The minimum absolute atomic E-state index is 0.109. The summed E-state index contributed by atoms with van der Waals surface area (Å²) in [5, 5.41) is 3.51. The molecule has 1 fully saturated rings. The number of ether oxygens (including phenoxy) is 1. The molecule has 1 N–H and O–H groups in total. The molecule has 0 radical (unpaired) electrons. The van der Waals surface area contributed by atoms with Gasteiger partial charge in [-0.05, 0) is 30.5 Å². The van der Waals surface area contributed by atoms with Crippen molar-refractivity contribution in [2.75, 3.05) is 45.2 Å². The van der Waals surface area contributed by atoms with Gasteiger partial charge in [0, 0.05) is 31.1 Å². The number of hydrogen-bond donors (Lipinski definition) is 1. The Morgan fingerprint density at radius 3 is 2.03 bits per heavy atom. The first-order valence-corrected chi connectivity index (χ1v) is 12.3. The lowest BCUT2D eigenvalue weighted by Gasteiger charge is -2.39. The third-order valence-corrected chi connectivity index (χ3v) is 7.52. The normalized spacial score (nSPS) is 14.8. The van der Waals surface area contributed by atoms with Gasteiger partial charge in [-0.1, -0.05) is 60.7 Å². The van der Waals surface area contributed by atoms with Crippen LogP contribution in [-0.4, -0.2) is 61.5 Å². The van der Waals surface area contributed by atoms with Gasteiger partial charge in [0.05, 0.1) is 25.3 Å². The van der Waals surface area contributed by atoms with Crippen molar-refractivity contribution in [1.29, 1.82) is 0 Å². The molecule has 0 bridgehead atoms. The molecule has 1 aromatic heterocycles. The summed E-state index contributed by atoms with van der Waals surface area (Å²) in [5.74, 6) is -0.527. The molecule has 1 aliphatic rings. The van der Waals surface area contributed by atoms with E-state index in [4.69, 9.17) is 4.74 Å². The van der Waals surface area contributed by atoms with Crippen LogP contribution < -0.4 is 5.32 Å². The van der Waals surface area contributed by atoms with Crippen LogP contribution in [0.15, 0.2) is 60.7 Å². The molecular weight excluding hydrogens is 446 g/mol. The van der Waals surface area contributed by atoms with Crippen molar-refractivity contribution in [3.8, 4) is 0 Å². The van der Waals surface area contributed by atoms with Crippen molar-refractivity contribution in [3.05, 3.63) is 87.8 Å². The largest absolute Gasteiger partial charge is 0.465 e. The molecule has 1 amide bonds. The number of methoxy groups -OCH3 is 1. The number of aryl methyl sites for hydroxylation is 1. The van der Waals surface area contributed by atoms with Crippen molar-refractivity contribution in [3.63, 3.8) is 0 Å². The van der Waals surface area contributed by atoms with Gasteiger partial charge < -0.3 is 10.1 Å². The number of carbonyl (C=O) groups is 2. The van der Waals surface area contributed by atoms with E-state index in [-0.39, 0.29) is 11.9 Å². The fourth-order valence-corrected chi connectivity index (χ4v) is 5.56. The maximum absolute atomic E-state index is 12.8. The van der Waals surface area contributed by atoms with Gasteiger partial charge in [0.15, 0.2) is 0 Å². The third-order valence-electron chi connectivity index (χ3n) is 6.40. The highest BCUT2D eigenvalue weighted by molar-refractivity contribution is 7.16. The van der Waals surface area contributed by atoms with Crippen molar-refractivity contribution in [2.24, 2.45) is 0 Å². The molecule has 1 aliphatic heterocycles. The van der Waals surface area contributed by atoms with Crippen molar-refractivity contribution < 1.29 is 14.3 Å². The van der Waals surface area contributed by atoms with Gasteiger partial charge in [-0.3, -0.25) is 14.6 Å². The lowest BCUT2D eigenvalue weighted by Crippen LogP contribution is -2.49. The maximum atomic E-state index is 12.8. The third kappa shape index (κ3) is 5.38. The van der Waals surface area contributed by atoms with E-state index in [9.17, 15) is 9.59 Å². The van der Waals surface area contributed by atoms with Gasteiger partial charge in [-0.25, -0.2) is 4.79 Å². The van der Waals surface area contributed by atoms with Crippen LogP contribution in [0.3, 0.4) is 0 Å². The number of nitrogens with zero attached hydrogens (tertiary/aromatic N) is 2. The molecule has 6 nitrogen and oxygen atoms in total. The number of piperazine rings is 1. The summed E-state index contributed by atoms with van der Waals surface area (Å²) in [7, 11) is 1.36. The molecule has 0 atom stereocenters. The van der Waals surface area contributed by atoms with Crippen molar-refractivity contribution in [2.45, 2.75) is 19.9 Å². The molecule has 0 saturated carbocycles. The van der Waals surface area contributed by atoms with Crippen LogP contribution >= 0.6 is 11.3 Å². The monoisotopic (exact) mass is 477 g/mol. The Bertz CT molecular complexity index is 1080. The van der Waals surface area contributed by atoms with E-state index in [1.807, 2.05) is 26.0 Å². The zero-order valence-corrected chi connectivity index (χ0v) is 20.7. The summed E-state index contributed by atoms with van der Waals surface area (Å²) in [6, 6.07) is 21.4. The maximum Gasteiger partial charge on any atom is 0.341 e. The molecular formula is C27H31N3O3S. The van der Waals surface area contributed by atoms with Gasteiger partial charge in [-0.2, -0.15) is 0 Å². The summed E-state index contributed by atoms with van der Waals surface area (Å²) >= 11 is 1.42. The Hall–Kier alpha value is -3.00. The minimum atomic E-state index is -0.418. The summed E-state index contributed by atoms with van der Waals surface area (Å²) < 4.78 is 4.91. The van der Waals surface area contributed by atoms with Crippen LogP contribution in [0, 0.1) is 13.8 Å². The quantitative estimate of drug-likeness (QED) is 0.508. The highest BCUT2D eigenvalue weighted by Crippen LogP contribution is 2.33. The smallest absolute Gasteiger partial charge is 0.341 e. The SMILES string of the molecule is COC(=O)c1c(NC(=O)CN2CCN(C(c3ccccc3)c3ccccc3)CC2)sc(C)c1C. The molecule has 34 heavy (non-hydrogen) atoms. The van der Waals surface area contributed by atoms with Crippen LogP contribution in [0.2, 0.25) is 0 Å². The Morgan fingerprint density at radius 2 is 1.50 bits per heavy atom. The van der Waals surface area contributed by atoms with Gasteiger partial charge in [0.1, 0.15) is 5.00 Å². The van der Waals surface area contributed by atoms with Crippen LogP contribution in [0.25, 0.3) is 0 Å². The van der Waals surface area contributed by atoms with Gasteiger partial charge in [0.25, 0.3) is 0 Å². The zero-order chi connectivity index (χ0) is 24.1. The Kier molecular flexibility index (Phi) is 7.77. The molecule has 2 heterocycles. The number of esters is 1. The second-order valence-electron chi connectivity index (χ2n) is 8.56. The number of nitrogens with one attached hydrogen (secondary N) is 1. The van der Waals surface area contributed by atoms with Gasteiger partial charge >= 0.3 is 5.97 Å². The predicted molar refractivity (Wildman–Crippen MR) is 137 cm³/mol. The van der Waals surface area contributed by atoms with E-state index >= 15 is 0 Å². The van der Waals surface area contributed by atoms with Crippen LogP contribution in [0.4, 0.5) is 5.00 Å². The Morgan fingerprint density at radius 1 is 0.941 bits per heavy atom. The number of hydrogen-bond acceptors (Lipinski definition) is 6. The molecule has 178 valence electrons. The molecule has 4 rings (SSSR count). The van der Waals surface area contributed by atoms with Gasteiger partial charge in [-0.15, -0.1) is 11.3 Å². The fraction of sp³-hybridized carbons (Fsp3) is 0.333. The number of amides is 1. The molecule has 3 aromatic rings. The summed E-state index contributed by atoms with van der Waals surface area (Å²) in [6.45, 7) is 7.45. The molecule has 0 unspecified atom stereocenters. The first-order valence-electron chi connectivity index (χ1n) is 11.5. The molecule has 7 heteroatoms. The lowest BCUT2D eigenvalue weighted by atomic mass is 9.96. The predicted octanol–water partition coefficient (Wildman–Crippen LogP) is 4.50. The molecule has 2 aromatic carbocycles. The van der Waals surface area contributed by atoms with Crippen LogP contribution in [-0.2, 0) is 9.53 Å². The lowest BCUT2D eigenvalue weighted by molar-refractivity contribution is -0.117. The number of thiophene rings is 1. The van der Waals surface area contributed by atoms with Crippen molar-refractivity contribution >= 4 is 28.2 Å². The number of carbonyl (C=O) groups excluding carboxylic acids is 2. The number of benzene rings is 2. The highest BCUT2D eigenvalue weighted by atomic mass is 32.1. The average Bonchev–Trinajstić information content (AvgIpc) is 3.13. The Balaban J connectivity index is 1.40. The van der Waals surface area contributed by atoms with Crippen LogP contribution in [0.5, 0.6) is 0 Å². The second kappa shape index (κ2) is 11.0. The summed E-state index contributed by atoms with van der Waals surface area (Å²) in [5.41, 5.74) is 3.86. The second-order valence-corrected chi connectivity index (χ2v) is 9.79. The number of anilines is 1. The molecule has 1 saturated heterocycles. The number of rotatable bonds is 7. The molecule has 0 spiro atoms. The van der Waals surface area contributed by atoms with E-state index in [1.54, 1.807) is 0 Å². The van der Waals surface area contributed by atoms with Crippen molar-refractivity contribution in [1.82, 2.24) is 9.80 Å².